The van der Waals surface area contributed by atoms with E-state index in [2.05, 4.69) is 17.4 Å². The van der Waals surface area contributed by atoms with Crippen LogP contribution in [0, 0.1) is 6.92 Å². The lowest BCUT2D eigenvalue weighted by Crippen LogP contribution is -2.29. The van der Waals surface area contributed by atoms with Crippen LogP contribution in [0.1, 0.15) is 42.3 Å². The van der Waals surface area contributed by atoms with Gasteiger partial charge in [0.05, 0.1) is 5.02 Å². The monoisotopic (exact) mass is 364 g/mol. The van der Waals surface area contributed by atoms with E-state index in [0.717, 1.165) is 19.3 Å². The summed E-state index contributed by atoms with van der Waals surface area (Å²) < 4.78 is 10.2. The number of hydrogen-bond acceptors (Lipinski definition) is 5. The fraction of sp³-hybridized carbons (Fsp3) is 0.389. The summed E-state index contributed by atoms with van der Waals surface area (Å²) in [5.74, 6) is -0.696. The molecule has 1 aromatic carbocycles. The SMILES string of the molecule is CCCCCNC(=O)COC(=O)c1c(-c2ccccc2Cl)noc1C. The van der Waals surface area contributed by atoms with E-state index in [-0.39, 0.29) is 18.1 Å². The van der Waals surface area contributed by atoms with E-state index >= 15 is 0 Å². The van der Waals surface area contributed by atoms with E-state index in [1.165, 1.54) is 0 Å². The van der Waals surface area contributed by atoms with Crippen molar-refractivity contribution < 1.29 is 18.8 Å². The number of nitrogens with zero attached hydrogens (tertiary/aromatic N) is 1. The van der Waals surface area contributed by atoms with Crippen molar-refractivity contribution in [2.45, 2.75) is 33.1 Å². The molecular weight excluding hydrogens is 344 g/mol. The number of unbranched alkanes of at least 4 members (excludes halogenated alkanes) is 2. The molecule has 25 heavy (non-hydrogen) atoms. The minimum atomic E-state index is -0.669. The number of esters is 1. The zero-order chi connectivity index (χ0) is 18.2. The topological polar surface area (TPSA) is 81.4 Å². The van der Waals surface area contributed by atoms with Crippen LogP contribution < -0.4 is 5.32 Å². The van der Waals surface area contributed by atoms with E-state index in [9.17, 15) is 9.59 Å². The van der Waals surface area contributed by atoms with Crippen molar-refractivity contribution in [3.63, 3.8) is 0 Å². The van der Waals surface area contributed by atoms with Gasteiger partial charge in [0.2, 0.25) is 0 Å². The quantitative estimate of drug-likeness (QED) is 0.569. The maximum Gasteiger partial charge on any atom is 0.344 e. The van der Waals surface area contributed by atoms with Crippen molar-refractivity contribution in [3.05, 3.63) is 40.6 Å². The number of amides is 1. The molecule has 1 aromatic heterocycles. The molecule has 0 aliphatic rings. The number of carbonyl (C=O) groups is 2. The second-order valence-electron chi connectivity index (χ2n) is 5.58. The molecule has 0 spiro atoms. The fourth-order valence-electron chi connectivity index (χ4n) is 2.31. The van der Waals surface area contributed by atoms with Gasteiger partial charge in [0.15, 0.2) is 6.61 Å². The van der Waals surface area contributed by atoms with Crippen LogP contribution in [-0.4, -0.2) is 30.2 Å². The molecule has 134 valence electrons. The average molecular weight is 365 g/mol. The lowest BCUT2D eigenvalue weighted by atomic mass is 10.1. The summed E-state index contributed by atoms with van der Waals surface area (Å²) in [6.07, 6.45) is 3.02. The standard InChI is InChI=1S/C18H21ClN2O4/c1-3-4-7-10-20-15(22)11-24-18(23)16-12(2)25-21-17(16)13-8-5-6-9-14(13)19/h5-6,8-9H,3-4,7,10-11H2,1-2H3,(H,20,22). The highest BCUT2D eigenvalue weighted by atomic mass is 35.5. The molecule has 2 rings (SSSR count). The van der Waals surface area contributed by atoms with E-state index in [1.54, 1.807) is 31.2 Å². The van der Waals surface area contributed by atoms with Crippen LogP contribution in [0.2, 0.25) is 5.02 Å². The maximum absolute atomic E-state index is 12.4. The molecule has 6 nitrogen and oxygen atoms in total. The number of rotatable bonds is 8. The summed E-state index contributed by atoms with van der Waals surface area (Å²) >= 11 is 6.16. The summed E-state index contributed by atoms with van der Waals surface area (Å²) in [6.45, 7) is 3.91. The Balaban J connectivity index is 2.02. The van der Waals surface area contributed by atoms with Crippen LogP contribution in [0.3, 0.4) is 0 Å². The van der Waals surface area contributed by atoms with Gasteiger partial charge in [0, 0.05) is 12.1 Å². The Labute approximate surface area is 151 Å². The average Bonchev–Trinajstić information content (AvgIpc) is 2.98. The molecular formula is C18H21ClN2O4. The molecule has 0 radical (unpaired) electrons. The summed E-state index contributed by atoms with van der Waals surface area (Å²) in [5.41, 5.74) is 1.04. The Morgan fingerprint density at radius 1 is 1.28 bits per heavy atom. The lowest BCUT2D eigenvalue weighted by molar-refractivity contribution is -0.124. The van der Waals surface area contributed by atoms with Crippen molar-refractivity contribution in [2.75, 3.05) is 13.2 Å². The number of carbonyl (C=O) groups excluding carboxylic acids is 2. The van der Waals surface area contributed by atoms with Crippen LogP contribution in [0.5, 0.6) is 0 Å². The summed E-state index contributed by atoms with van der Waals surface area (Å²) in [5, 5.41) is 7.06. The van der Waals surface area contributed by atoms with Gasteiger partial charge >= 0.3 is 5.97 Å². The number of halogens is 1. The van der Waals surface area contributed by atoms with Gasteiger partial charge in [-0.25, -0.2) is 4.79 Å². The third-order valence-electron chi connectivity index (χ3n) is 3.63. The number of nitrogens with one attached hydrogen (secondary N) is 1. The Bertz CT molecular complexity index is 742. The molecule has 0 aliphatic heterocycles. The molecule has 0 aliphatic carbocycles. The van der Waals surface area contributed by atoms with Gasteiger partial charge in [-0.05, 0) is 19.4 Å². The molecule has 0 fully saturated rings. The van der Waals surface area contributed by atoms with Crippen molar-refractivity contribution in [2.24, 2.45) is 0 Å². The highest BCUT2D eigenvalue weighted by Crippen LogP contribution is 2.31. The zero-order valence-corrected chi connectivity index (χ0v) is 15.1. The van der Waals surface area contributed by atoms with Crippen LogP contribution in [-0.2, 0) is 9.53 Å². The molecule has 2 aromatic rings. The van der Waals surface area contributed by atoms with Crippen molar-refractivity contribution in [1.82, 2.24) is 10.5 Å². The highest BCUT2D eigenvalue weighted by molar-refractivity contribution is 6.33. The zero-order valence-electron chi connectivity index (χ0n) is 14.3. The van der Waals surface area contributed by atoms with E-state index < -0.39 is 5.97 Å². The third kappa shape index (κ3) is 5.06. The van der Waals surface area contributed by atoms with Crippen molar-refractivity contribution in [1.29, 1.82) is 0 Å². The second kappa shape index (κ2) is 9.22. The largest absolute Gasteiger partial charge is 0.452 e. The van der Waals surface area contributed by atoms with Crippen molar-refractivity contribution in [3.8, 4) is 11.3 Å². The van der Waals surface area contributed by atoms with Gasteiger partial charge in [-0.2, -0.15) is 0 Å². The Hall–Kier alpha value is -2.34. The van der Waals surface area contributed by atoms with Gasteiger partial charge in [-0.15, -0.1) is 0 Å². The summed E-state index contributed by atoms with van der Waals surface area (Å²) in [7, 11) is 0. The number of hydrogen-bond donors (Lipinski definition) is 1. The second-order valence-corrected chi connectivity index (χ2v) is 5.98. The lowest BCUT2D eigenvalue weighted by Gasteiger charge is -2.07. The van der Waals surface area contributed by atoms with Gasteiger partial charge in [-0.3, -0.25) is 4.79 Å². The van der Waals surface area contributed by atoms with Gasteiger partial charge in [0.25, 0.3) is 5.91 Å². The summed E-state index contributed by atoms with van der Waals surface area (Å²) in [4.78, 5) is 24.1. The maximum atomic E-state index is 12.4. The predicted molar refractivity (Wildman–Crippen MR) is 94.5 cm³/mol. The fourth-order valence-corrected chi connectivity index (χ4v) is 2.53. The molecule has 1 amide bonds. The van der Waals surface area contributed by atoms with E-state index in [0.29, 0.717) is 28.6 Å². The number of ether oxygens (including phenoxy) is 1. The first-order valence-corrected chi connectivity index (χ1v) is 8.57. The number of aryl methyl sites for hydroxylation is 1. The van der Waals surface area contributed by atoms with E-state index in [4.69, 9.17) is 20.9 Å². The van der Waals surface area contributed by atoms with Gasteiger partial charge < -0.3 is 14.6 Å². The Morgan fingerprint density at radius 3 is 2.76 bits per heavy atom. The minimum absolute atomic E-state index is 0.173. The molecule has 0 saturated heterocycles. The first-order chi connectivity index (χ1) is 12.0. The highest BCUT2D eigenvalue weighted by Gasteiger charge is 2.24. The van der Waals surface area contributed by atoms with Gasteiger partial charge in [-0.1, -0.05) is 54.7 Å². The normalized spacial score (nSPS) is 10.5. The number of aromatic nitrogens is 1. The molecule has 7 heteroatoms. The number of benzene rings is 1. The molecule has 1 heterocycles. The molecule has 0 unspecified atom stereocenters. The third-order valence-corrected chi connectivity index (χ3v) is 3.96. The van der Waals surface area contributed by atoms with Crippen LogP contribution in [0.15, 0.2) is 28.8 Å². The molecule has 0 atom stereocenters. The molecule has 0 saturated carbocycles. The molecule has 1 N–H and O–H groups in total. The first kappa shape index (κ1) is 19.0. The molecule has 0 bridgehead atoms. The summed E-state index contributed by atoms with van der Waals surface area (Å²) in [6, 6.07) is 6.99. The van der Waals surface area contributed by atoms with Crippen LogP contribution >= 0.6 is 11.6 Å². The first-order valence-electron chi connectivity index (χ1n) is 8.19. The van der Waals surface area contributed by atoms with Crippen molar-refractivity contribution >= 4 is 23.5 Å². The van der Waals surface area contributed by atoms with Gasteiger partial charge in [0.1, 0.15) is 17.0 Å². The van der Waals surface area contributed by atoms with Crippen LogP contribution in [0.25, 0.3) is 11.3 Å². The smallest absolute Gasteiger partial charge is 0.344 e. The van der Waals surface area contributed by atoms with E-state index in [1.807, 2.05) is 0 Å². The van der Waals surface area contributed by atoms with Crippen LogP contribution in [0.4, 0.5) is 0 Å². The Morgan fingerprint density at radius 2 is 2.04 bits per heavy atom. The minimum Gasteiger partial charge on any atom is -0.452 e. The Kier molecular flexibility index (Phi) is 7.01. The predicted octanol–water partition coefficient (Wildman–Crippen LogP) is 3.77.